The number of fused-ring (bicyclic) bond motifs is 1. The zero-order valence-corrected chi connectivity index (χ0v) is 14.7. The Kier molecular flexibility index (Phi) is 4.93. The molecule has 0 saturated carbocycles. The van der Waals surface area contributed by atoms with E-state index in [4.69, 9.17) is 9.47 Å². The fourth-order valence-electron chi connectivity index (χ4n) is 2.84. The van der Waals surface area contributed by atoms with Crippen LogP contribution >= 0.6 is 0 Å². The van der Waals surface area contributed by atoms with Crippen LogP contribution < -0.4 is 20.7 Å². The Labute approximate surface area is 153 Å². The van der Waals surface area contributed by atoms with Gasteiger partial charge in [-0.1, -0.05) is 0 Å². The van der Waals surface area contributed by atoms with Crippen LogP contribution in [0.2, 0.25) is 0 Å². The highest BCUT2D eigenvalue weighted by Gasteiger charge is 2.18. The number of aromatic nitrogens is 3. The van der Waals surface area contributed by atoms with Crippen LogP contribution in [0, 0.1) is 0 Å². The van der Waals surface area contributed by atoms with Crippen molar-refractivity contribution in [2.45, 2.75) is 13.1 Å². The van der Waals surface area contributed by atoms with Gasteiger partial charge in [0.2, 0.25) is 0 Å². The van der Waals surface area contributed by atoms with E-state index in [0.717, 1.165) is 9.13 Å². The Bertz CT molecular complexity index is 1120. The van der Waals surface area contributed by atoms with Crippen LogP contribution in [-0.2, 0) is 17.9 Å². The first-order valence-electron chi connectivity index (χ1n) is 7.96. The lowest BCUT2D eigenvalue weighted by Crippen LogP contribution is -2.41. The molecule has 2 heterocycles. The van der Waals surface area contributed by atoms with Crippen molar-refractivity contribution in [1.29, 1.82) is 0 Å². The van der Waals surface area contributed by atoms with E-state index in [9.17, 15) is 19.5 Å². The van der Waals surface area contributed by atoms with Crippen LogP contribution in [-0.4, -0.2) is 39.4 Å². The van der Waals surface area contributed by atoms with E-state index >= 15 is 0 Å². The van der Waals surface area contributed by atoms with Crippen molar-refractivity contribution in [3.63, 3.8) is 0 Å². The van der Waals surface area contributed by atoms with Gasteiger partial charge in [-0.15, -0.1) is 0 Å². The highest BCUT2D eigenvalue weighted by Crippen LogP contribution is 2.30. The van der Waals surface area contributed by atoms with E-state index in [-0.39, 0.29) is 23.2 Å². The Hall–Kier alpha value is -3.62. The maximum atomic E-state index is 12.9. The zero-order valence-electron chi connectivity index (χ0n) is 14.7. The minimum atomic E-state index is -1.21. The summed E-state index contributed by atoms with van der Waals surface area (Å²) in [4.78, 5) is 41.0. The summed E-state index contributed by atoms with van der Waals surface area (Å²) in [6.45, 7) is -0.606. The van der Waals surface area contributed by atoms with Crippen molar-refractivity contribution in [1.82, 2.24) is 14.1 Å². The predicted molar refractivity (Wildman–Crippen MR) is 96.5 cm³/mol. The number of carbonyl (C=O) groups is 1. The van der Waals surface area contributed by atoms with Gasteiger partial charge < -0.3 is 14.6 Å². The van der Waals surface area contributed by atoms with Crippen LogP contribution in [0.5, 0.6) is 11.5 Å². The van der Waals surface area contributed by atoms with Gasteiger partial charge in [-0.05, 0) is 23.8 Å². The summed E-state index contributed by atoms with van der Waals surface area (Å²) in [5.41, 5.74) is -0.421. The standard InChI is InChI=1S/C18H17N3O6/c1-26-14-7-12-13(8-15(14)27-2)20(10-16(22)23)18(25)21(17(12)24)9-11-3-5-19-6-4-11/h3-8H,9-10H2,1-2H3,(H,22,23). The van der Waals surface area contributed by atoms with Crippen molar-refractivity contribution in [3.05, 3.63) is 63.1 Å². The molecule has 0 saturated heterocycles. The molecule has 27 heavy (non-hydrogen) atoms. The number of benzene rings is 1. The van der Waals surface area contributed by atoms with E-state index < -0.39 is 23.8 Å². The predicted octanol–water partition coefficient (Wildman–Crippen LogP) is 0.708. The molecule has 0 spiro atoms. The summed E-state index contributed by atoms with van der Waals surface area (Å²) in [6, 6.07) is 6.21. The third-order valence-electron chi connectivity index (χ3n) is 4.11. The van der Waals surface area contributed by atoms with E-state index in [2.05, 4.69) is 4.98 Å². The number of ether oxygens (including phenoxy) is 2. The van der Waals surface area contributed by atoms with E-state index in [0.29, 0.717) is 11.3 Å². The molecule has 0 aliphatic carbocycles. The Morgan fingerprint density at radius 1 is 1.07 bits per heavy atom. The Morgan fingerprint density at radius 3 is 2.30 bits per heavy atom. The molecular formula is C18H17N3O6. The summed E-state index contributed by atoms with van der Waals surface area (Å²) in [6.07, 6.45) is 3.09. The SMILES string of the molecule is COc1cc2c(=O)n(Cc3ccncc3)c(=O)n(CC(=O)O)c2cc1OC. The molecule has 0 amide bonds. The van der Waals surface area contributed by atoms with Crippen molar-refractivity contribution >= 4 is 16.9 Å². The maximum Gasteiger partial charge on any atom is 0.332 e. The molecule has 2 aromatic heterocycles. The number of hydrogen-bond acceptors (Lipinski definition) is 6. The van der Waals surface area contributed by atoms with E-state index in [1.165, 1.54) is 26.4 Å². The van der Waals surface area contributed by atoms with Gasteiger partial charge in [-0.25, -0.2) is 4.79 Å². The number of pyridine rings is 1. The molecule has 1 aromatic carbocycles. The third-order valence-corrected chi connectivity index (χ3v) is 4.11. The number of carboxylic acid groups (broad SMARTS) is 1. The first kappa shape index (κ1) is 18.2. The van der Waals surface area contributed by atoms with Gasteiger partial charge in [0.05, 0.1) is 31.7 Å². The van der Waals surface area contributed by atoms with Crippen LogP contribution in [0.15, 0.2) is 46.2 Å². The summed E-state index contributed by atoms with van der Waals surface area (Å²) in [5, 5.41) is 9.37. The fourth-order valence-corrected chi connectivity index (χ4v) is 2.84. The first-order valence-corrected chi connectivity index (χ1v) is 7.96. The topological polar surface area (TPSA) is 113 Å². The maximum absolute atomic E-state index is 12.9. The molecule has 0 aliphatic heterocycles. The summed E-state index contributed by atoms with van der Waals surface area (Å²) >= 11 is 0. The Balaban J connectivity index is 2.35. The average Bonchev–Trinajstić information content (AvgIpc) is 2.68. The van der Waals surface area contributed by atoms with E-state index in [1.807, 2.05) is 0 Å². The quantitative estimate of drug-likeness (QED) is 0.679. The van der Waals surface area contributed by atoms with E-state index in [1.54, 1.807) is 24.5 Å². The molecule has 0 bridgehead atoms. The van der Waals surface area contributed by atoms with Crippen molar-refractivity contribution in [2.75, 3.05) is 14.2 Å². The van der Waals surface area contributed by atoms with Crippen molar-refractivity contribution < 1.29 is 19.4 Å². The first-order chi connectivity index (χ1) is 13.0. The van der Waals surface area contributed by atoms with Crippen LogP contribution in [0.4, 0.5) is 0 Å². The second-order valence-corrected chi connectivity index (χ2v) is 5.73. The number of nitrogens with zero attached hydrogens (tertiary/aromatic N) is 3. The van der Waals surface area contributed by atoms with Crippen LogP contribution in [0.3, 0.4) is 0 Å². The monoisotopic (exact) mass is 371 g/mol. The molecular weight excluding hydrogens is 354 g/mol. The number of methoxy groups -OCH3 is 2. The molecule has 9 nitrogen and oxygen atoms in total. The third kappa shape index (κ3) is 3.39. The van der Waals surface area contributed by atoms with Crippen molar-refractivity contribution in [3.8, 4) is 11.5 Å². The minimum absolute atomic E-state index is 0.00983. The van der Waals surface area contributed by atoms with Crippen LogP contribution in [0.1, 0.15) is 5.56 Å². The van der Waals surface area contributed by atoms with Gasteiger partial charge in [-0.3, -0.25) is 23.7 Å². The number of rotatable bonds is 6. The van der Waals surface area contributed by atoms with Gasteiger partial charge in [0.15, 0.2) is 11.5 Å². The second kappa shape index (κ2) is 7.32. The molecule has 3 aromatic rings. The second-order valence-electron chi connectivity index (χ2n) is 5.73. The van der Waals surface area contributed by atoms with Gasteiger partial charge in [0, 0.05) is 18.5 Å². The highest BCUT2D eigenvalue weighted by molar-refractivity contribution is 5.83. The molecule has 1 N–H and O–H groups in total. The van der Waals surface area contributed by atoms with Gasteiger partial charge >= 0.3 is 11.7 Å². The van der Waals surface area contributed by atoms with Gasteiger partial charge in [0.25, 0.3) is 5.56 Å². The highest BCUT2D eigenvalue weighted by atomic mass is 16.5. The average molecular weight is 371 g/mol. The lowest BCUT2D eigenvalue weighted by atomic mass is 10.2. The molecule has 3 rings (SSSR count). The normalized spacial score (nSPS) is 10.7. The van der Waals surface area contributed by atoms with Crippen molar-refractivity contribution in [2.24, 2.45) is 0 Å². The number of carboxylic acids is 1. The van der Waals surface area contributed by atoms with Gasteiger partial charge in [-0.2, -0.15) is 0 Å². The fraction of sp³-hybridized carbons (Fsp3) is 0.222. The smallest absolute Gasteiger partial charge is 0.332 e. The number of aliphatic carboxylic acids is 1. The summed E-state index contributed by atoms with van der Waals surface area (Å²) < 4.78 is 12.5. The summed E-state index contributed by atoms with van der Waals surface area (Å²) in [5.74, 6) is -0.616. The largest absolute Gasteiger partial charge is 0.493 e. The zero-order chi connectivity index (χ0) is 19.6. The molecule has 0 fully saturated rings. The molecule has 0 aliphatic rings. The Morgan fingerprint density at radius 2 is 1.70 bits per heavy atom. The molecule has 0 atom stereocenters. The number of hydrogen-bond donors (Lipinski definition) is 1. The lowest BCUT2D eigenvalue weighted by molar-refractivity contribution is -0.137. The minimum Gasteiger partial charge on any atom is -0.493 e. The molecule has 0 radical (unpaired) electrons. The molecule has 9 heteroatoms. The molecule has 140 valence electrons. The van der Waals surface area contributed by atoms with Crippen LogP contribution in [0.25, 0.3) is 10.9 Å². The summed E-state index contributed by atoms with van der Waals surface area (Å²) in [7, 11) is 2.83. The lowest BCUT2D eigenvalue weighted by Gasteiger charge is -2.15. The molecule has 0 unspecified atom stereocenters. The van der Waals surface area contributed by atoms with Gasteiger partial charge in [0.1, 0.15) is 6.54 Å².